The minimum Gasteiger partial charge on any atom is -0.334 e. The number of rotatable bonds is 3. The average molecular weight is 363 g/mol. The molecule has 1 aromatic rings. The number of carbonyl (C=O) groups is 1. The molecule has 3 nitrogen and oxygen atoms in total. The zero-order valence-corrected chi connectivity index (χ0v) is 12.8. The Bertz CT molecular complexity index is 584. The zero-order valence-electron chi connectivity index (χ0n) is 11.2. The van der Waals surface area contributed by atoms with Gasteiger partial charge in [0.1, 0.15) is 0 Å². The second-order valence-corrected chi connectivity index (χ2v) is 5.79. The van der Waals surface area contributed by atoms with E-state index in [-0.39, 0.29) is 12.0 Å². The lowest BCUT2D eigenvalue weighted by atomic mass is 9.84. The van der Waals surface area contributed by atoms with Crippen molar-refractivity contribution in [2.24, 2.45) is 0 Å². The lowest BCUT2D eigenvalue weighted by Gasteiger charge is -2.33. The fraction of sp³-hybridized carbons (Fsp3) is 0.357. The van der Waals surface area contributed by atoms with Crippen molar-refractivity contribution < 1.29 is 18.0 Å². The summed E-state index contributed by atoms with van der Waals surface area (Å²) in [6.07, 6.45) is -4.46. The maximum atomic E-state index is 12.5. The Kier molecular flexibility index (Phi) is 4.61. The minimum absolute atomic E-state index is 0.167. The second-order valence-electron chi connectivity index (χ2n) is 4.87. The van der Waals surface area contributed by atoms with Crippen molar-refractivity contribution in [1.82, 2.24) is 10.6 Å². The van der Waals surface area contributed by atoms with Crippen molar-refractivity contribution >= 4 is 22.0 Å². The fourth-order valence-corrected chi connectivity index (χ4v) is 2.58. The van der Waals surface area contributed by atoms with Gasteiger partial charge >= 0.3 is 12.2 Å². The van der Waals surface area contributed by atoms with E-state index in [1.165, 1.54) is 6.92 Å². The van der Waals surface area contributed by atoms with Crippen LogP contribution in [0.3, 0.4) is 0 Å². The van der Waals surface area contributed by atoms with Crippen molar-refractivity contribution in [3.63, 3.8) is 0 Å². The van der Waals surface area contributed by atoms with Crippen molar-refractivity contribution in [3.05, 3.63) is 45.4 Å². The summed E-state index contributed by atoms with van der Waals surface area (Å²) in [5, 5.41) is 5.16. The van der Waals surface area contributed by atoms with E-state index in [4.69, 9.17) is 0 Å². The Morgan fingerprint density at radius 2 is 2.14 bits per heavy atom. The van der Waals surface area contributed by atoms with Crippen LogP contribution >= 0.6 is 15.9 Å². The van der Waals surface area contributed by atoms with E-state index in [1.807, 2.05) is 24.3 Å². The SMILES string of the molecule is CC1=C(C(F)(F)F)CC1NC(=O)NCc1cccc(Br)c1. The average Bonchev–Trinajstić information content (AvgIpc) is 2.39. The van der Waals surface area contributed by atoms with Gasteiger partial charge < -0.3 is 10.6 Å². The number of benzene rings is 1. The molecular formula is C14H14BrF3N2O. The molecule has 114 valence electrons. The van der Waals surface area contributed by atoms with Gasteiger partial charge in [-0.3, -0.25) is 0 Å². The summed E-state index contributed by atoms with van der Waals surface area (Å²) in [7, 11) is 0. The summed E-state index contributed by atoms with van der Waals surface area (Å²) < 4.78 is 38.3. The molecule has 1 aliphatic rings. The molecule has 2 rings (SSSR count). The van der Waals surface area contributed by atoms with Crippen molar-refractivity contribution in [2.45, 2.75) is 32.1 Å². The number of hydrogen-bond acceptors (Lipinski definition) is 1. The first-order chi connectivity index (χ1) is 9.77. The lowest BCUT2D eigenvalue weighted by Crippen LogP contribution is -2.48. The third kappa shape index (κ3) is 4.00. The first-order valence-electron chi connectivity index (χ1n) is 6.33. The van der Waals surface area contributed by atoms with Crippen LogP contribution in [-0.2, 0) is 6.54 Å². The number of amides is 2. The summed E-state index contributed by atoms with van der Waals surface area (Å²) in [6.45, 7) is 1.71. The molecule has 1 aromatic carbocycles. The molecule has 0 fully saturated rings. The van der Waals surface area contributed by atoms with Gasteiger partial charge in [-0.1, -0.05) is 28.1 Å². The highest BCUT2D eigenvalue weighted by Gasteiger charge is 2.43. The molecule has 0 radical (unpaired) electrons. The van der Waals surface area contributed by atoms with Crippen LogP contribution in [-0.4, -0.2) is 18.2 Å². The Morgan fingerprint density at radius 3 is 2.71 bits per heavy atom. The zero-order chi connectivity index (χ0) is 15.6. The molecule has 0 aliphatic heterocycles. The Balaban J connectivity index is 1.83. The number of carbonyl (C=O) groups excluding carboxylic acids is 1. The van der Waals surface area contributed by atoms with Gasteiger partial charge in [-0.15, -0.1) is 0 Å². The molecule has 0 bridgehead atoms. The van der Waals surface area contributed by atoms with Crippen LogP contribution in [0.1, 0.15) is 18.9 Å². The molecule has 1 aliphatic carbocycles. The normalized spacial score (nSPS) is 18.2. The van der Waals surface area contributed by atoms with Crippen LogP contribution in [0.15, 0.2) is 39.9 Å². The highest BCUT2D eigenvalue weighted by Crippen LogP contribution is 2.40. The van der Waals surface area contributed by atoms with Crippen LogP contribution < -0.4 is 10.6 Å². The minimum atomic E-state index is -4.30. The molecule has 0 saturated heterocycles. The van der Waals surface area contributed by atoms with Gasteiger partial charge in [0.2, 0.25) is 0 Å². The summed E-state index contributed by atoms with van der Waals surface area (Å²) in [6, 6.07) is 6.40. The predicted molar refractivity (Wildman–Crippen MR) is 76.7 cm³/mol. The summed E-state index contributed by atoms with van der Waals surface area (Å²) in [4.78, 5) is 11.7. The Labute approximate surface area is 128 Å². The second kappa shape index (κ2) is 6.09. The molecule has 0 heterocycles. The maximum Gasteiger partial charge on any atom is 0.412 e. The third-order valence-corrected chi connectivity index (χ3v) is 3.89. The number of nitrogens with one attached hydrogen (secondary N) is 2. The van der Waals surface area contributed by atoms with Crippen LogP contribution in [0.4, 0.5) is 18.0 Å². The first kappa shape index (κ1) is 15.9. The monoisotopic (exact) mass is 362 g/mol. The van der Waals surface area contributed by atoms with Crippen LogP contribution in [0.5, 0.6) is 0 Å². The third-order valence-electron chi connectivity index (χ3n) is 3.40. The van der Waals surface area contributed by atoms with E-state index >= 15 is 0 Å². The fourth-order valence-electron chi connectivity index (χ4n) is 2.13. The van der Waals surface area contributed by atoms with Crippen LogP contribution in [0.25, 0.3) is 0 Å². The molecule has 0 saturated carbocycles. The lowest BCUT2D eigenvalue weighted by molar-refractivity contribution is -0.0993. The molecule has 21 heavy (non-hydrogen) atoms. The van der Waals surface area contributed by atoms with E-state index in [0.29, 0.717) is 6.54 Å². The standard InChI is InChI=1S/C14H14BrF3N2O/c1-8-11(14(16,17)18)6-12(8)20-13(21)19-7-9-3-2-4-10(15)5-9/h2-5,12H,6-7H2,1H3,(H2,19,20,21). The summed E-state index contributed by atoms with van der Waals surface area (Å²) in [5.74, 6) is 0. The first-order valence-corrected chi connectivity index (χ1v) is 7.12. The van der Waals surface area contributed by atoms with Gasteiger partial charge in [0, 0.05) is 23.0 Å². The van der Waals surface area contributed by atoms with E-state index in [9.17, 15) is 18.0 Å². The van der Waals surface area contributed by atoms with Gasteiger partial charge in [0.25, 0.3) is 0 Å². The maximum absolute atomic E-state index is 12.5. The number of halogens is 4. The quantitative estimate of drug-likeness (QED) is 0.786. The Hall–Kier alpha value is -1.50. The van der Waals surface area contributed by atoms with Gasteiger partial charge in [-0.05, 0) is 30.2 Å². The number of urea groups is 1. The Morgan fingerprint density at radius 1 is 1.43 bits per heavy atom. The van der Waals surface area contributed by atoms with Gasteiger partial charge in [-0.25, -0.2) is 4.79 Å². The van der Waals surface area contributed by atoms with Crippen LogP contribution in [0, 0.1) is 0 Å². The van der Waals surface area contributed by atoms with Crippen LogP contribution in [0.2, 0.25) is 0 Å². The molecule has 1 unspecified atom stereocenters. The van der Waals surface area contributed by atoms with E-state index in [1.54, 1.807) is 0 Å². The molecule has 2 amide bonds. The highest BCUT2D eigenvalue weighted by atomic mass is 79.9. The molecule has 2 N–H and O–H groups in total. The predicted octanol–water partition coefficient (Wildman–Crippen LogP) is 3.90. The smallest absolute Gasteiger partial charge is 0.334 e. The van der Waals surface area contributed by atoms with Gasteiger partial charge in [0.05, 0.1) is 6.04 Å². The highest BCUT2D eigenvalue weighted by molar-refractivity contribution is 9.10. The van der Waals surface area contributed by atoms with Crippen molar-refractivity contribution in [1.29, 1.82) is 0 Å². The summed E-state index contributed by atoms with van der Waals surface area (Å²) in [5.41, 5.74) is 0.538. The van der Waals surface area contributed by atoms with Crippen molar-refractivity contribution in [3.8, 4) is 0 Å². The van der Waals surface area contributed by atoms with Gasteiger partial charge in [0.15, 0.2) is 0 Å². The molecule has 1 atom stereocenters. The summed E-state index contributed by atoms with van der Waals surface area (Å²) >= 11 is 3.32. The van der Waals surface area contributed by atoms with E-state index in [0.717, 1.165) is 10.0 Å². The van der Waals surface area contributed by atoms with E-state index < -0.39 is 23.8 Å². The van der Waals surface area contributed by atoms with Crippen molar-refractivity contribution in [2.75, 3.05) is 0 Å². The molecule has 0 spiro atoms. The molecular weight excluding hydrogens is 349 g/mol. The van der Waals surface area contributed by atoms with E-state index in [2.05, 4.69) is 26.6 Å². The molecule has 0 aromatic heterocycles. The number of alkyl halides is 3. The molecule has 7 heteroatoms. The van der Waals surface area contributed by atoms with Gasteiger partial charge in [-0.2, -0.15) is 13.2 Å². The largest absolute Gasteiger partial charge is 0.412 e. The number of hydrogen-bond donors (Lipinski definition) is 2. The topological polar surface area (TPSA) is 41.1 Å².